The van der Waals surface area contributed by atoms with E-state index >= 15 is 0 Å². The molecule has 0 aromatic heterocycles. The quantitative estimate of drug-likeness (QED) is 0.565. The molecule has 3 N–H and O–H groups in total. The molecule has 0 bridgehead atoms. The zero-order valence-electron chi connectivity index (χ0n) is 6.29. The lowest BCUT2D eigenvalue weighted by Crippen LogP contribution is -2.57. The van der Waals surface area contributed by atoms with Gasteiger partial charge in [0.25, 0.3) is 0 Å². The van der Waals surface area contributed by atoms with E-state index in [0.29, 0.717) is 19.0 Å². The lowest BCUT2D eigenvalue weighted by atomic mass is 9.90. The largest absolute Gasteiger partial charge is 0.465 e. The molecule has 0 unspecified atom stereocenters. The van der Waals surface area contributed by atoms with Crippen LogP contribution in [0.15, 0.2) is 0 Å². The summed E-state index contributed by atoms with van der Waals surface area (Å²) in [6, 6.07) is 0. The predicted octanol–water partition coefficient (Wildman–Crippen LogP) is 0.0875. The topological polar surface area (TPSA) is 66.6 Å². The van der Waals surface area contributed by atoms with Crippen molar-refractivity contribution in [1.29, 1.82) is 0 Å². The molecule has 1 aliphatic heterocycles. The van der Waals surface area contributed by atoms with Crippen LogP contribution < -0.4 is 5.73 Å². The van der Waals surface area contributed by atoms with Crippen molar-refractivity contribution in [3.63, 3.8) is 0 Å². The van der Waals surface area contributed by atoms with Crippen molar-refractivity contribution < 1.29 is 9.90 Å². The highest BCUT2D eigenvalue weighted by molar-refractivity contribution is 5.66. The van der Waals surface area contributed by atoms with Crippen molar-refractivity contribution in [3.05, 3.63) is 0 Å². The smallest absolute Gasteiger partial charge is 0.407 e. The Bertz CT molecular complexity index is 195. The van der Waals surface area contributed by atoms with Crippen LogP contribution in [0.4, 0.5) is 4.79 Å². The van der Waals surface area contributed by atoms with Crippen LogP contribution in [0.25, 0.3) is 0 Å². The number of hydrogen-bond acceptors (Lipinski definition) is 2. The summed E-state index contributed by atoms with van der Waals surface area (Å²) >= 11 is 0. The first-order valence-corrected chi connectivity index (χ1v) is 3.88. The Morgan fingerprint density at radius 3 is 2.45 bits per heavy atom. The molecule has 0 spiro atoms. The first kappa shape index (κ1) is 6.91. The van der Waals surface area contributed by atoms with Crippen molar-refractivity contribution >= 4 is 6.09 Å². The average molecular weight is 156 g/mol. The van der Waals surface area contributed by atoms with Gasteiger partial charge in [-0.15, -0.1) is 0 Å². The van der Waals surface area contributed by atoms with Gasteiger partial charge in [0.05, 0.1) is 0 Å². The summed E-state index contributed by atoms with van der Waals surface area (Å²) in [4.78, 5) is 11.8. The van der Waals surface area contributed by atoms with E-state index in [1.165, 1.54) is 4.90 Å². The van der Waals surface area contributed by atoms with Crippen LogP contribution in [0.2, 0.25) is 0 Å². The molecule has 1 heterocycles. The predicted molar refractivity (Wildman–Crippen MR) is 39.2 cm³/mol. The zero-order chi connectivity index (χ0) is 8.06. The highest BCUT2D eigenvalue weighted by Gasteiger charge is 2.51. The van der Waals surface area contributed by atoms with Crippen LogP contribution in [0.3, 0.4) is 0 Å². The number of nitrogens with two attached hydrogens (primary N) is 1. The monoisotopic (exact) mass is 156 g/mol. The van der Waals surface area contributed by atoms with Gasteiger partial charge in [0.1, 0.15) is 0 Å². The van der Waals surface area contributed by atoms with Crippen molar-refractivity contribution in [3.8, 4) is 0 Å². The Kier molecular flexibility index (Phi) is 1.18. The second-order valence-corrected chi connectivity index (χ2v) is 3.62. The first-order chi connectivity index (χ1) is 5.12. The molecule has 2 fully saturated rings. The summed E-state index contributed by atoms with van der Waals surface area (Å²) in [7, 11) is 0. The molecule has 4 nitrogen and oxygen atoms in total. The molecule has 1 amide bonds. The molecule has 0 aromatic rings. The van der Waals surface area contributed by atoms with Crippen LogP contribution >= 0.6 is 0 Å². The van der Waals surface area contributed by atoms with Gasteiger partial charge in [-0.2, -0.15) is 0 Å². The van der Waals surface area contributed by atoms with E-state index in [1.807, 2.05) is 0 Å². The standard InChI is InChI=1S/C7H12N2O2/c8-7(1-2-7)5-3-9(4-5)6(10)11/h5H,1-4,8H2,(H,10,11). The fourth-order valence-electron chi connectivity index (χ4n) is 1.55. The number of nitrogens with zero attached hydrogens (tertiary/aromatic N) is 1. The third-order valence-electron chi connectivity index (χ3n) is 2.79. The van der Waals surface area contributed by atoms with Gasteiger partial charge in [0, 0.05) is 24.5 Å². The molecule has 0 atom stereocenters. The van der Waals surface area contributed by atoms with Crippen LogP contribution in [0, 0.1) is 5.92 Å². The summed E-state index contributed by atoms with van der Waals surface area (Å²) in [6.07, 6.45) is 1.33. The highest BCUT2D eigenvalue weighted by atomic mass is 16.4. The van der Waals surface area contributed by atoms with Crippen molar-refractivity contribution in [2.45, 2.75) is 18.4 Å². The summed E-state index contributed by atoms with van der Waals surface area (Å²) < 4.78 is 0. The van der Waals surface area contributed by atoms with E-state index in [4.69, 9.17) is 10.8 Å². The summed E-state index contributed by atoms with van der Waals surface area (Å²) in [5.41, 5.74) is 5.90. The van der Waals surface area contributed by atoms with Gasteiger partial charge in [0.15, 0.2) is 0 Å². The van der Waals surface area contributed by atoms with E-state index < -0.39 is 6.09 Å². The summed E-state index contributed by atoms with van der Waals surface area (Å²) in [6.45, 7) is 1.29. The molecule has 1 saturated carbocycles. The molecule has 2 aliphatic rings. The number of likely N-dealkylation sites (tertiary alicyclic amines) is 1. The molecular formula is C7H12N2O2. The Balaban J connectivity index is 1.84. The van der Waals surface area contributed by atoms with E-state index in [1.54, 1.807) is 0 Å². The zero-order valence-corrected chi connectivity index (χ0v) is 6.29. The Hall–Kier alpha value is -0.770. The van der Waals surface area contributed by atoms with Gasteiger partial charge in [0.2, 0.25) is 0 Å². The summed E-state index contributed by atoms with van der Waals surface area (Å²) in [5.74, 6) is 0.429. The second kappa shape index (κ2) is 1.88. The van der Waals surface area contributed by atoms with E-state index in [2.05, 4.69) is 0 Å². The number of hydrogen-bond donors (Lipinski definition) is 2. The molecule has 1 aliphatic carbocycles. The van der Waals surface area contributed by atoms with Gasteiger partial charge >= 0.3 is 6.09 Å². The molecule has 0 radical (unpaired) electrons. The van der Waals surface area contributed by atoms with E-state index in [9.17, 15) is 4.79 Å². The molecule has 4 heteroatoms. The Labute approximate surface area is 65.0 Å². The number of carboxylic acid groups (broad SMARTS) is 1. The molecular weight excluding hydrogens is 144 g/mol. The highest BCUT2D eigenvalue weighted by Crippen LogP contribution is 2.43. The maximum absolute atomic E-state index is 10.4. The van der Waals surface area contributed by atoms with Crippen LogP contribution in [-0.4, -0.2) is 34.7 Å². The minimum absolute atomic E-state index is 0.00590. The Morgan fingerprint density at radius 1 is 1.55 bits per heavy atom. The van der Waals surface area contributed by atoms with Gasteiger partial charge in [-0.1, -0.05) is 0 Å². The van der Waals surface area contributed by atoms with Crippen molar-refractivity contribution in [1.82, 2.24) is 4.90 Å². The van der Waals surface area contributed by atoms with Gasteiger partial charge in [-0.05, 0) is 12.8 Å². The van der Waals surface area contributed by atoms with Crippen molar-refractivity contribution in [2.75, 3.05) is 13.1 Å². The molecule has 0 aromatic carbocycles. The molecule has 62 valence electrons. The molecule has 2 rings (SSSR count). The number of amides is 1. The minimum atomic E-state index is -0.814. The maximum Gasteiger partial charge on any atom is 0.407 e. The lowest BCUT2D eigenvalue weighted by molar-refractivity contribution is 0.0668. The lowest BCUT2D eigenvalue weighted by Gasteiger charge is -2.40. The van der Waals surface area contributed by atoms with Crippen molar-refractivity contribution in [2.24, 2.45) is 11.7 Å². The minimum Gasteiger partial charge on any atom is -0.465 e. The van der Waals surface area contributed by atoms with E-state index in [-0.39, 0.29) is 5.54 Å². The molecule has 11 heavy (non-hydrogen) atoms. The maximum atomic E-state index is 10.4. The second-order valence-electron chi connectivity index (χ2n) is 3.62. The van der Waals surface area contributed by atoms with Crippen LogP contribution in [-0.2, 0) is 0 Å². The number of rotatable bonds is 1. The normalized spacial score (nSPS) is 27.9. The van der Waals surface area contributed by atoms with Crippen LogP contribution in [0.1, 0.15) is 12.8 Å². The van der Waals surface area contributed by atoms with Gasteiger partial charge in [-0.25, -0.2) is 4.79 Å². The third-order valence-corrected chi connectivity index (χ3v) is 2.79. The SMILES string of the molecule is NC1(C2CN(C(=O)O)C2)CC1. The number of carbonyl (C=O) groups is 1. The van der Waals surface area contributed by atoms with Crippen LogP contribution in [0.5, 0.6) is 0 Å². The average Bonchev–Trinajstić information content (AvgIpc) is 2.42. The van der Waals surface area contributed by atoms with E-state index in [0.717, 1.165) is 12.8 Å². The fraction of sp³-hybridized carbons (Fsp3) is 0.857. The first-order valence-electron chi connectivity index (χ1n) is 3.88. The Morgan fingerprint density at radius 2 is 2.09 bits per heavy atom. The summed E-state index contributed by atoms with van der Waals surface area (Å²) in [5, 5.41) is 8.52. The van der Waals surface area contributed by atoms with Gasteiger partial charge in [-0.3, -0.25) is 0 Å². The molecule has 1 saturated heterocycles. The third kappa shape index (κ3) is 0.976. The fourth-order valence-corrected chi connectivity index (χ4v) is 1.55. The van der Waals surface area contributed by atoms with Gasteiger partial charge < -0.3 is 15.7 Å².